The molecule has 1 fully saturated rings. The molecule has 4 rings (SSSR count). The molecule has 7 nitrogen and oxygen atoms in total. The topological polar surface area (TPSA) is 76.5 Å². The van der Waals surface area contributed by atoms with Gasteiger partial charge in [0.25, 0.3) is 5.56 Å². The van der Waals surface area contributed by atoms with E-state index < -0.39 is 0 Å². The second-order valence-electron chi connectivity index (χ2n) is 6.94. The number of hydrogen-bond donors (Lipinski definition) is 1. The first-order chi connectivity index (χ1) is 14.0. The van der Waals surface area contributed by atoms with Gasteiger partial charge < -0.3 is 15.0 Å². The SMILES string of the molecule is Cc1ccc(Cl)cc1NC(=O)Cn1nc(N2CCOCC2)c2ccccc2c1=O. The van der Waals surface area contributed by atoms with Crippen molar-refractivity contribution >= 4 is 39.8 Å². The summed E-state index contributed by atoms with van der Waals surface area (Å²) in [5.41, 5.74) is 1.20. The van der Waals surface area contributed by atoms with Gasteiger partial charge in [-0.15, -0.1) is 0 Å². The summed E-state index contributed by atoms with van der Waals surface area (Å²) >= 11 is 6.02. The summed E-state index contributed by atoms with van der Waals surface area (Å²) < 4.78 is 6.65. The van der Waals surface area contributed by atoms with Crippen LogP contribution in [0.25, 0.3) is 10.8 Å². The van der Waals surface area contributed by atoms with Crippen molar-refractivity contribution in [3.05, 3.63) is 63.4 Å². The lowest BCUT2D eigenvalue weighted by molar-refractivity contribution is -0.117. The van der Waals surface area contributed by atoms with Crippen molar-refractivity contribution in [2.24, 2.45) is 0 Å². The summed E-state index contributed by atoms with van der Waals surface area (Å²) in [5.74, 6) is 0.350. The van der Waals surface area contributed by atoms with Gasteiger partial charge in [-0.05, 0) is 30.7 Å². The number of aryl methyl sites for hydroxylation is 1. The molecule has 0 bridgehead atoms. The summed E-state index contributed by atoms with van der Waals surface area (Å²) in [6, 6.07) is 12.6. The third kappa shape index (κ3) is 4.11. The fourth-order valence-electron chi connectivity index (χ4n) is 3.39. The highest BCUT2D eigenvalue weighted by atomic mass is 35.5. The molecular weight excluding hydrogens is 392 g/mol. The van der Waals surface area contributed by atoms with E-state index in [0.29, 0.717) is 48.2 Å². The predicted molar refractivity (Wildman–Crippen MR) is 114 cm³/mol. The van der Waals surface area contributed by atoms with Crippen LogP contribution in [0.5, 0.6) is 0 Å². The molecule has 1 aliphatic heterocycles. The van der Waals surface area contributed by atoms with Crippen LogP contribution < -0.4 is 15.8 Å². The van der Waals surface area contributed by atoms with Crippen LogP contribution in [0.2, 0.25) is 5.02 Å². The number of halogens is 1. The maximum absolute atomic E-state index is 12.9. The molecule has 0 radical (unpaired) electrons. The molecule has 0 saturated carbocycles. The number of carbonyl (C=O) groups is 1. The monoisotopic (exact) mass is 412 g/mol. The highest BCUT2D eigenvalue weighted by Gasteiger charge is 2.19. The van der Waals surface area contributed by atoms with E-state index >= 15 is 0 Å². The molecule has 0 unspecified atom stereocenters. The number of ether oxygens (including phenoxy) is 1. The van der Waals surface area contributed by atoms with Crippen molar-refractivity contribution in [2.45, 2.75) is 13.5 Å². The second kappa shape index (κ2) is 8.23. The normalized spacial score (nSPS) is 14.2. The van der Waals surface area contributed by atoms with Crippen LogP contribution in [0.1, 0.15) is 5.56 Å². The smallest absolute Gasteiger partial charge is 0.275 e. The maximum Gasteiger partial charge on any atom is 0.275 e. The highest BCUT2D eigenvalue weighted by Crippen LogP contribution is 2.23. The number of morpholine rings is 1. The summed E-state index contributed by atoms with van der Waals surface area (Å²) in [5, 5.41) is 9.20. The third-order valence-corrected chi connectivity index (χ3v) is 5.16. The van der Waals surface area contributed by atoms with E-state index in [1.807, 2.05) is 31.2 Å². The van der Waals surface area contributed by atoms with Crippen molar-refractivity contribution < 1.29 is 9.53 Å². The molecule has 0 atom stereocenters. The fraction of sp³-hybridized carbons (Fsp3) is 0.286. The Morgan fingerprint density at radius 2 is 1.90 bits per heavy atom. The van der Waals surface area contributed by atoms with Crippen LogP contribution >= 0.6 is 11.6 Å². The summed E-state index contributed by atoms with van der Waals surface area (Å²) in [6.07, 6.45) is 0. The first-order valence-electron chi connectivity index (χ1n) is 9.41. The van der Waals surface area contributed by atoms with E-state index in [1.54, 1.807) is 18.2 Å². The van der Waals surface area contributed by atoms with E-state index in [9.17, 15) is 9.59 Å². The number of anilines is 2. The van der Waals surface area contributed by atoms with E-state index in [1.165, 1.54) is 4.68 Å². The molecule has 29 heavy (non-hydrogen) atoms. The Bertz CT molecular complexity index is 1120. The first kappa shape index (κ1) is 19.4. The molecule has 2 heterocycles. The van der Waals surface area contributed by atoms with E-state index in [2.05, 4.69) is 15.3 Å². The van der Waals surface area contributed by atoms with Crippen LogP contribution in [0.3, 0.4) is 0 Å². The largest absolute Gasteiger partial charge is 0.378 e. The van der Waals surface area contributed by atoms with Crippen molar-refractivity contribution in [1.82, 2.24) is 9.78 Å². The number of nitrogens with zero attached hydrogens (tertiary/aromatic N) is 3. The fourth-order valence-corrected chi connectivity index (χ4v) is 3.56. The highest BCUT2D eigenvalue weighted by molar-refractivity contribution is 6.31. The zero-order valence-corrected chi connectivity index (χ0v) is 16.8. The van der Waals surface area contributed by atoms with Crippen LogP contribution in [0, 0.1) is 6.92 Å². The van der Waals surface area contributed by atoms with Gasteiger partial charge in [0.1, 0.15) is 6.54 Å². The Kier molecular flexibility index (Phi) is 5.51. The zero-order chi connectivity index (χ0) is 20.4. The lowest BCUT2D eigenvalue weighted by atomic mass is 10.1. The lowest BCUT2D eigenvalue weighted by Crippen LogP contribution is -2.39. The minimum absolute atomic E-state index is 0.188. The zero-order valence-electron chi connectivity index (χ0n) is 16.0. The van der Waals surface area contributed by atoms with E-state index in [0.717, 1.165) is 10.9 Å². The quantitative estimate of drug-likeness (QED) is 0.713. The molecule has 1 amide bonds. The van der Waals surface area contributed by atoms with Crippen molar-refractivity contribution in [3.63, 3.8) is 0 Å². The number of rotatable bonds is 4. The Hall–Kier alpha value is -2.90. The van der Waals surface area contributed by atoms with Crippen LogP contribution in [0.15, 0.2) is 47.3 Å². The summed E-state index contributed by atoms with van der Waals surface area (Å²) in [6.45, 7) is 4.26. The number of nitrogens with one attached hydrogen (secondary N) is 1. The summed E-state index contributed by atoms with van der Waals surface area (Å²) in [4.78, 5) is 27.6. The molecule has 3 aromatic rings. The van der Waals surface area contributed by atoms with Crippen molar-refractivity contribution in [3.8, 4) is 0 Å². The van der Waals surface area contributed by atoms with Gasteiger partial charge in [-0.2, -0.15) is 5.10 Å². The Morgan fingerprint density at radius 3 is 2.66 bits per heavy atom. The minimum atomic E-state index is -0.340. The standard InChI is InChI=1S/C21H21ClN4O3/c1-14-6-7-15(22)12-18(14)23-19(27)13-26-21(28)17-5-3-2-4-16(17)20(24-26)25-8-10-29-11-9-25/h2-7,12H,8-11,13H2,1H3,(H,23,27). The molecule has 1 aromatic heterocycles. The predicted octanol–water partition coefficient (Wildman–Crippen LogP) is 2.83. The van der Waals surface area contributed by atoms with Crippen LogP contribution in [-0.2, 0) is 16.1 Å². The van der Waals surface area contributed by atoms with Gasteiger partial charge in [0, 0.05) is 29.2 Å². The van der Waals surface area contributed by atoms with Gasteiger partial charge in [-0.25, -0.2) is 4.68 Å². The number of aromatic nitrogens is 2. The molecule has 1 N–H and O–H groups in total. The number of hydrogen-bond acceptors (Lipinski definition) is 5. The van der Waals surface area contributed by atoms with Crippen molar-refractivity contribution in [1.29, 1.82) is 0 Å². The molecule has 0 aliphatic carbocycles. The van der Waals surface area contributed by atoms with Gasteiger partial charge in [0.15, 0.2) is 5.82 Å². The number of carbonyl (C=O) groups excluding carboxylic acids is 1. The Labute approximate surface area is 172 Å². The molecule has 2 aromatic carbocycles. The van der Waals surface area contributed by atoms with Gasteiger partial charge in [0.2, 0.25) is 5.91 Å². The molecule has 150 valence electrons. The maximum atomic E-state index is 12.9. The minimum Gasteiger partial charge on any atom is -0.378 e. The third-order valence-electron chi connectivity index (χ3n) is 4.93. The molecule has 1 saturated heterocycles. The lowest BCUT2D eigenvalue weighted by Gasteiger charge is -2.29. The van der Waals surface area contributed by atoms with Crippen molar-refractivity contribution in [2.75, 3.05) is 36.5 Å². The number of amides is 1. The van der Waals surface area contributed by atoms with Gasteiger partial charge in [-0.1, -0.05) is 35.9 Å². The molecular formula is C21H21ClN4O3. The number of fused-ring (bicyclic) bond motifs is 1. The van der Waals surface area contributed by atoms with Crippen LogP contribution in [0.4, 0.5) is 11.5 Å². The number of benzene rings is 2. The summed E-state index contributed by atoms with van der Waals surface area (Å²) in [7, 11) is 0. The van der Waals surface area contributed by atoms with Gasteiger partial charge in [-0.3, -0.25) is 9.59 Å². The Balaban J connectivity index is 1.68. The molecule has 1 aliphatic rings. The Morgan fingerprint density at radius 1 is 1.17 bits per heavy atom. The van der Waals surface area contributed by atoms with Gasteiger partial charge in [0.05, 0.1) is 18.6 Å². The first-order valence-corrected chi connectivity index (χ1v) is 9.79. The van der Waals surface area contributed by atoms with E-state index in [4.69, 9.17) is 16.3 Å². The average Bonchev–Trinajstić information content (AvgIpc) is 2.73. The van der Waals surface area contributed by atoms with Gasteiger partial charge >= 0.3 is 0 Å². The van der Waals surface area contributed by atoms with E-state index in [-0.39, 0.29) is 18.0 Å². The van der Waals surface area contributed by atoms with Crippen LogP contribution in [-0.4, -0.2) is 42.0 Å². The second-order valence-corrected chi connectivity index (χ2v) is 7.38. The molecule has 8 heteroatoms. The molecule has 0 spiro atoms. The average molecular weight is 413 g/mol.